The summed E-state index contributed by atoms with van der Waals surface area (Å²) in [6.45, 7) is 0. The highest BCUT2D eigenvalue weighted by Crippen LogP contribution is 2.21. The van der Waals surface area contributed by atoms with E-state index < -0.39 is 6.09 Å². The van der Waals surface area contributed by atoms with Crippen LogP contribution in [0.5, 0.6) is 0 Å². The zero-order valence-electron chi connectivity index (χ0n) is 8.47. The summed E-state index contributed by atoms with van der Waals surface area (Å²) in [5.41, 5.74) is 1.55. The van der Waals surface area contributed by atoms with Crippen molar-refractivity contribution in [3.8, 4) is 11.4 Å². The van der Waals surface area contributed by atoms with Crippen LogP contribution in [0.15, 0.2) is 24.4 Å². The number of rotatable bonds is 2. The molecule has 2 heterocycles. The molecule has 0 unspecified atom stereocenters. The van der Waals surface area contributed by atoms with Gasteiger partial charge in [0, 0.05) is 16.5 Å². The van der Waals surface area contributed by atoms with Crippen molar-refractivity contribution in [3.05, 3.63) is 35.1 Å². The van der Waals surface area contributed by atoms with Crippen molar-refractivity contribution in [2.24, 2.45) is 0 Å². The predicted octanol–water partition coefficient (Wildman–Crippen LogP) is 3.02. The number of carbonyl (C=O) groups is 1. The predicted molar refractivity (Wildman–Crippen MR) is 66.5 cm³/mol. The fraction of sp³-hybridized carbons (Fsp3) is 0.100. The number of nitrogens with zero attached hydrogens (tertiary/aromatic N) is 3. The molecule has 2 rings (SSSR count). The Labute approximate surface area is 110 Å². The summed E-state index contributed by atoms with van der Waals surface area (Å²) in [5.74, 6) is 0. The average molecular weight is 317 g/mol. The monoisotopic (exact) mass is 315 g/mol. The first-order valence-corrected chi connectivity index (χ1v) is 6.12. The lowest BCUT2D eigenvalue weighted by Crippen LogP contribution is -2.12. The topological polar surface area (TPSA) is 68.0 Å². The highest BCUT2D eigenvalue weighted by Gasteiger charge is 2.14. The van der Waals surface area contributed by atoms with Gasteiger partial charge in [-0.15, -0.1) is 0 Å². The number of carboxylic acid groups (broad SMARTS) is 1. The van der Waals surface area contributed by atoms with Gasteiger partial charge in [-0.25, -0.2) is 4.79 Å². The molecule has 0 aliphatic rings. The van der Waals surface area contributed by atoms with Gasteiger partial charge in [0.05, 0.1) is 11.4 Å². The quantitative estimate of drug-likeness (QED) is 0.865. The molecular weight excluding hydrogens is 309 g/mol. The second kappa shape index (κ2) is 4.85. The molecule has 2 aromatic heterocycles. The Hall–Kier alpha value is -1.40. The minimum absolute atomic E-state index is 0.396. The second-order valence-corrected chi connectivity index (χ2v) is 4.21. The lowest BCUT2D eigenvalue weighted by Gasteiger charge is -1.96. The third kappa shape index (κ3) is 2.48. The van der Waals surface area contributed by atoms with Crippen LogP contribution in [-0.2, 0) is 5.33 Å². The van der Waals surface area contributed by atoms with E-state index in [4.69, 9.17) is 16.7 Å². The molecule has 0 aliphatic carbocycles. The summed E-state index contributed by atoms with van der Waals surface area (Å²) in [4.78, 5) is 15.0. The van der Waals surface area contributed by atoms with E-state index in [9.17, 15) is 4.79 Å². The van der Waals surface area contributed by atoms with Crippen molar-refractivity contribution in [2.75, 3.05) is 0 Å². The molecule has 0 bridgehead atoms. The maximum absolute atomic E-state index is 10.9. The molecule has 0 saturated carbocycles. The van der Waals surface area contributed by atoms with Crippen LogP contribution < -0.4 is 0 Å². The number of pyridine rings is 1. The van der Waals surface area contributed by atoms with Gasteiger partial charge in [0.25, 0.3) is 0 Å². The molecule has 0 aromatic carbocycles. The van der Waals surface area contributed by atoms with Crippen molar-refractivity contribution in [1.82, 2.24) is 14.8 Å². The molecule has 0 spiro atoms. The van der Waals surface area contributed by atoms with Gasteiger partial charge >= 0.3 is 6.09 Å². The van der Waals surface area contributed by atoms with Crippen molar-refractivity contribution < 1.29 is 9.90 Å². The van der Waals surface area contributed by atoms with Crippen molar-refractivity contribution >= 4 is 33.6 Å². The van der Waals surface area contributed by atoms with Gasteiger partial charge in [-0.05, 0) is 18.2 Å². The smallest absolute Gasteiger partial charge is 0.432 e. The Morgan fingerprint density at radius 2 is 2.24 bits per heavy atom. The molecule has 0 atom stereocenters. The van der Waals surface area contributed by atoms with Crippen LogP contribution in [-0.4, -0.2) is 26.0 Å². The number of alkyl halides is 1. The summed E-state index contributed by atoms with van der Waals surface area (Å²) in [6.07, 6.45) is 0.415. The lowest BCUT2D eigenvalue weighted by molar-refractivity contribution is 0.192. The first kappa shape index (κ1) is 12.1. The van der Waals surface area contributed by atoms with Crippen molar-refractivity contribution in [2.45, 2.75) is 5.33 Å². The van der Waals surface area contributed by atoms with E-state index in [1.165, 1.54) is 0 Å². The minimum atomic E-state index is -1.13. The van der Waals surface area contributed by atoms with Gasteiger partial charge in [-0.3, -0.25) is 4.98 Å². The number of hydrogen-bond acceptors (Lipinski definition) is 3. The molecule has 7 heteroatoms. The normalized spacial score (nSPS) is 10.5. The summed E-state index contributed by atoms with van der Waals surface area (Å²) in [6, 6.07) is 4.93. The molecule has 0 saturated heterocycles. The van der Waals surface area contributed by atoms with Gasteiger partial charge in [0.2, 0.25) is 0 Å². The molecule has 88 valence electrons. The zero-order valence-corrected chi connectivity index (χ0v) is 10.8. The minimum Gasteiger partial charge on any atom is -0.463 e. The van der Waals surface area contributed by atoms with Gasteiger partial charge < -0.3 is 5.11 Å². The third-order valence-corrected chi connectivity index (χ3v) is 2.90. The van der Waals surface area contributed by atoms with E-state index >= 15 is 0 Å². The standard InChI is InChI=1S/C10H7BrClN3O2/c11-5-7-4-9(14-15(7)10(16)17)8-3-6(12)1-2-13-8/h1-4H,5H2,(H,16,17). The van der Waals surface area contributed by atoms with Gasteiger partial charge in [-0.1, -0.05) is 27.5 Å². The van der Waals surface area contributed by atoms with Gasteiger partial charge in [0.15, 0.2) is 0 Å². The Morgan fingerprint density at radius 1 is 1.47 bits per heavy atom. The molecule has 0 amide bonds. The largest absolute Gasteiger partial charge is 0.463 e. The van der Waals surface area contributed by atoms with E-state index in [1.807, 2.05) is 0 Å². The zero-order chi connectivity index (χ0) is 12.4. The lowest BCUT2D eigenvalue weighted by atomic mass is 10.2. The highest BCUT2D eigenvalue weighted by atomic mass is 79.9. The first-order valence-electron chi connectivity index (χ1n) is 4.62. The maximum Gasteiger partial charge on any atom is 0.432 e. The molecular formula is C10H7BrClN3O2. The molecule has 1 N–H and O–H groups in total. The molecule has 0 aliphatic heterocycles. The van der Waals surface area contributed by atoms with Crippen LogP contribution in [0.1, 0.15) is 5.69 Å². The van der Waals surface area contributed by atoms with E-state index in [2.05, 4.69) is 26.0 Å². The number of hydrogen-bond donors (Lipinski definition) is 1. The third-order valence-electron chi connectivity index (χ3n) is 2.09. The SMILES string of the molecule is O=C(O)n1nc(-c2cc(Cl)ccn2)cc1CBr. The maximum atomic E-state index is 10.9. The molecule has 5 nitrogen and oxygen atoms in total. The summed E-state index contributed by atoms with van der Waals surface area (Å²) in [7, 11) is 0. The number of aromatic nitrogens is 3. The first-order chi connectivity index (χ1) is 8.11. The Morgan fingerprint density at radius 3 is 2.76 bits per heavy atom. The fourth-order valence-electron chi connectivity index (χ4n) is 1.35. The fourth-order valence-corrected chi connectivity index (χ4v) is 1.91. The van der Waals surface area contributed by atoms with Crippen LogP contribution in [0, 0.1) is 0 Å². The molecule has 2 aromatic rings. The van der Waals surface area contributed by atoms with E-state index in [0.717, 1.165) is 4.68 Å². The Bertz CT molecular complexity index is 570. The van der Waals surface area contributed by atoms with Gasteiger partial charge in [0.1, 0.15) is 5.69 Å². The van der Waals surface area contributed by atoms with Gasteiger partial charge in [-0.2, -0.15) is 9.78 Å². The summed E-state index contributed by atoms with van der Waals surface area (Å²) < 4.78 is 0.909. The second-order valence-electron chi connectivity index (χ2n) is 3.21. The van der Waals surface area contributed by atoms with Crippen LogP contribution in [0.2, 0.25) is 5.02 Å². The van der Waals surface area contributed by atoms with Crippen LogP contribution in [0.25, 0.3) is 11.4 Å². The Balaban J connectivity index is 2.50. The van der Waals surface area contributed by atoms with Crippen LogP contribution in [0.4, 0.5) is 4.79 Å². The van der Waals surface area contributed by atoms with E-state index in [-0.39, 0.29) is 0 Å². The Kier molecular flexibility index (Phi) is 3.44. The summed E-state index contributed by atoms with van der Waals surface area (Å²) in [5, 5.41) is 13.8. The van der Waals surface area contributed by atoms with E-state index in [0.29, 0.717) is 27.4 Å². The van der Waals surface area contributed by atoms with Crippen LogP contribution >= 0.6 is 27.5 Å². The van der Waals surface area contributed by atoms with E-state index in [1.54, 1.807) is 24.4 Å². The number of halogens is 2. The molecule has 17 heavy (non-hydrogen) atoms. The molecule has 0 radical (unpaired) electrons. The average Bonchev–Trinajstić information content (AvgIpc) is 2.73. The summed E-state index contributed by atoms with van der Waals surface area (Å²) >= 11 is 9.04. The highest BCUT2D eigenvalue weighted by molar-refractivity contribution is 9.08. The van der Waals surface area contributed by atoms with Crippen molar-refractivity contribution in [1.29, 1.82) is 0 Å². The van der Waals surface area contributed by atoms with Crippen LogP contribution in [0.3, 0.4) is 0 Å². The molecule has 0 fully saturated rings. The van der Waals surface area contributed by atoms with Crippen molar-refractivity contribution in [3.63, 3.8) is 0 Å².